The molecule has 3 heterocycles. The number of aromatic amines is 1. The van der Waals surface area contributed by atoms with Gasteiger partial charge >= 0.3 is 0 Å². The Kier molecular flexibility index (Phi) is 4.94. The van der Waals surface area contributed by atoms with Gasteiger partial charge in [0.25, 0.3) is 0 Å². The van der Waals surface area contributed by atoms with Gasteiger partial charge in [-0.25, -0.2) is 0 Å². The van der Waals surface area contributed by atoms with E-state index in [0.717, 1.165) is 16.5 Å². The van der Waals surface area contributed by atoms with Gasteiger partial charge in [-0.15, -0.1) is 0 Å². The molecular formula is C21H21IN4S. The van der Waals surface area contributed by atoms with Gasteiger partial charge in [-0.3, -0.25) is 4.98 Å². The third-order valence-electron chi connectivity index (χ3n) is 5.02. The molecule has 2 aromatic heterocycles. The Bertz CT molecular complexity index is 999. The molecule has 0 radical (unpaired) electrons. The minimum absolute atomic E-state index is 0.0124. The largest absolute Gasteiger partial charge is 0.362 e. The predicted octanol–water partition coefficient (Wildman–Crippen LogP) is 5.12. The summed E-state index contributed by atoms with van der Waals surface area (Å²) in [5.41, 5.74) is 6.94. The lowest BCUT2D eigenvalue weighted by Gasteiger charge is -2.28. The van der Waals surface area contributed by atoms with Gasteiger partial charge in [-0.1, -0.05) is 18.2 Å². The first-order valence-electron chi connectivity index (χ1n) is 8.89. The molecule has 1 aliphatic rings. The van der Waals surface area contributed by atoms with E-state index < -0.39 is 0 Å². The second-order valence-corrected chi connectivity index (χ2v) is 8.40. The average Bonchev–Trinajstić information content (AvgIpc) is 3.11. The zero-order valence-electron chi connectivity index (χ0n) is 15.5. The maximum absolute atomic E-state index is 5.79. The molecule has 138 valence electrons. The minimum Gasteiger partial charge on any atom is -0.362 e. The van der Waals surface area contributed by atoms with Crippen LogP contribution < -0.4 is 10.2 Å². The van der Waals surface area contributed by atoms with E-state index in [2.05, 4.69) is 93.9 Å². The van der Waals surface area contributed by atoms with Crippen molar-refractivity contribution in [2.75, 3.05) is 4.90 Å². The number of nitrogens with one attached hydrogen (secondary N) is 2. The first kappa shape index (κ1) is 18.4. The molecule has 1 aliphatic heterocycles. The summed E-state index contributed by atoms with van der Waals surface area (Å²) in [5, 5.41) is 4.26. The van der Waals surface area contributed by atoms with Crippen LogP contribution in [0, 0.1) is 24.3 Å². The molecule has 1 saturated heterocycles. The molecule has 4 rings (SSSR count). The Morgan fingerprint density at radius 1 is 1.07 bits per heavy atom. The normalized spacial score (nSPS) is 19.4. The summed E-state index contributed by atoms with van der Waals surface area (Å²) in [7, 11) is 0. The van der Waals surface area contributed by atoms with Gasteiger partial charge < -0.3 is 15.2 Å². The van der Waals surface area contributed by atoms with E-state index in [0.29, 0.717) is 0 Å². The van der Waals surface area contributed by atoms with Crippen molar-refractivity contribution in [3.8, 4) is 0 Å². The second-order valence-electron chi connectivity index (χ2n) is 6.94. The standard InChI is InChI=1S/C21H21IN4S/c1-12-7-6-8-15(11-12)26-20(17-13(2)24-14(3)18(17)22)19(25-21(26)27)16-9-4-5-10-23-16/h4-11,19-20,24H,1-3H3,(H,25,27)/t19-,20-/m0/s1. The zero-order chi connectivity index (χ0) is 19.1. The molecule has 0 aliphatic carbocycles. The second kappa shape index (κ2) is 7.24. The molecule has 27 heavy (non-hydrogen) atoms. The van der Waals surface area contributed by atoms with Gasteiger partial charge in [0.05, 0.1) is 17.8 Å². The number of aromatic nitrogens is 2. The van der Waals surface area contributed by atoms with Crippen molar-refractivity contribution < 1.29 is 0 Å². The first-order valence-corrected chi connectivity index (χ1v) is 10.4. The van der Waals surface area contributed by atoms with Crippen LogP contribution in [0.25, 0.3) is 0 Å². The highest BCUT2D eigenvalue weighted by atomic mass is 127. The Labute approximate surface area is 178 Å². The van der Waals surface area contributed by atoms with Crippen molar-refractivity contribution in [3.63, 3.8) is 0 Å². The molecule has 0 bridgehead atoms. The highest BCUT2D eigenvalue weighted by Gasteiger charge is 2.42. The fourth-order valence-electron chi connectivity index (χ4n) is 3.83. The smallest absolute Gasteiger partial charge is 0.174 e. The number of H-pyrrole nitrogens is 1. The summed E-state index contributed by atoms with van der Waals surface area (Å²) in [4.78, 5) is 10.4. The van der Waals surface area contributed by atoms with Gasteiger partial charge in [0.1, 0.15) is 0 Å². The van der Waals surface area contributed by atoms with E-state index in [4.69, 9.17) is 12.2 Å². The Morgan fingerprint density at radius 2 is 1.89 bits per heavy atom. The molecule has 0 saturated carbocycles. The summed E-state index contributed by atoms with van der Waals surface area (Å²) < 4.78 is 1.25. The highest BCUT2D eigenvalue weighted by Crippen LogP contribution is 2.44. The fourth-order valence-corrected chi connectivity index (χ4v) is 5.03. The molecule has 4 nitrogen and oxygen atoms in total. The van der Waals surface area contributed by atoms with Crippen molar-refractivity contribution in [3.05, 3.63) is 80.4 Å². The Balaban J connectivity index is 1.91. The predicted molar refractivity (Wildman–Crippen MR) is 122 cm³/mol. The van der Waals surface area contributed by atoms with Gasteiger partial charge in [0.2, 0.25) is 0 Å². The van der Waals surface area contributed by atoms with Gasteiger partial charge in [0.15, 0.2) is 5.11 Å². The summed E-state index contributed by atoms with van der Waals surface area (Å²) in [6, 6.07) is 14.6. The minimum atomic E-state index is -0.0124. The third kappa shape index (κ3) is 3.25. The monoisotopic (exact) mass is 488 g/mol. The molecule has 3 aromatic rings. The molecule has 0 amide bonds. The fraction of sp³-hybridized carbons (Fsp3) is 0.238. The number of aryl methyl sites for hydroxylation is 3. The van der Waals surface area contributed by atoms with E-state index in [1.165, 1.54) is 26.1 Å². The number of hydrogen-bond acceptors (Lipinski definition) is 2. The number of hydrogen-bond donors (Lipinski definition) is 2. The third-order valence-corrected chi connectivity index (χ3v) is 6.72. The lowest BCUT2D eigenvalue weighted by atomic mass is 9.96. The van der Waals surface area contributed by atoms with E-state index >= 15 is 0 Å². The highest BCUT2D eigenvalue weighted by molar-refractivity contribution is 14.1. The van der Waals surface area contributed by atoms with Gasteiger partial charge in [-0.2, -0.15) is 0 Å². The number of benzene rings is 1. The molecule has 2 atom stereocenters. The summed E-state index contributed by atoms with van der Waals surface area (Å²) in [6.45, 7) is 6.36. The van der Waals surface area contributed by atoms with Crippen LogP contribution in [0.2, 0.25) is 0 Å². The number of rotatable bonds is 3. The molecule has 0 spiro atoms. The maximum atomic E-state index is 5.79. The van der Waals surface area contributed by atoms with Crippen LogP contribution in [0.1, 0.15) is 40.3 Å². The maximum Gasteiger partial charge on any atom is 0.174 e. The van der Waals surface area contributed by atoms with Crippen molar-refractivity contribution in [2.45, 2.75) is 32.9 Å². The summed E-state index contributed by atoms with van der Waals surface area (Å²) in [5.74, 6) is 0. The molecule has 1 fully saturated rings. The quantitative estimate of drug-likeness (QED) is 0.397. The van der Waals surface area contributed by atoms with E-state index in [1.54, 1.807) is 0 Å². The van der Waals surface area contributed by atoms with Crippen LogP contribution >= 0.6 is 34.8 Å². The van der Waals surface area contributed by atoms with Crippen molar-refractivity contribution in [1.29, 1.82) is 0 Å². The molecule has 6 heteroatoms. The average molecular weight is 488 g/mol. The topological polar surface area (TPSA) is 44.0 Å². The van der Waals surface area contributed by atoms with Crippen molar-refractivity contribution in [1.82, 2.24) is 15.3 Å². The first-order chi connectivity index (χ1) is 13.0. The SMILES string of the molecule is Cc1cccc(N2C(=S)N[C@@H](c3ccccn3)[C@@H]2c2c(C)[nH]c(C)c2I)c1. The van der Waals surface area contributed by atoms with Crippen LogP contribution in [-0.2, 0) is 0 Å². The van der Waals surface area contributed by atoms with Crippen LogP contribution in [0.15, 0.2) is 48.7 Å². The number of anilines is 1. The van der Waals surface area contributed by atoms with Gasteiger partial charge in [0, 0.05) is 32.4 Å². The van der Waals surface area contributed by atoms with Crippen molar-refractivity contribution >= 4 is 45.6 Å². The number of thiocarbonyl (C=S) groups is 1. The zero-order valence-corrected chi connectivity index (χ0v) is 18.4. The number of halogens is 1. The van der Waals surface area contributed by atoms with E-state index in [9.17, 15) is 0 Å². The van der Waals surface area contributed by atoms with E-state index in [1.807, 2.05) is 18.3 Å². The van der Waals surface area contributed by atoms with Crippen LogP contribution in [0.5, 0.6) is 0 Å². The summed E-state index contributed by atoms with van der Waals surface area (Å²) in [6.07, 6.45) is 1.84. The molecule has 2 N–H and O–H groups in total. The van der Waals surface area contributed by atoms with Crippen LogP contribution in [-0.4, -0.2) is 15.1 Å². The van der Waals surface area contributed by atoms with Crippen LogP contribution in [0.4, 0.5) is 5.69 Å². The number of pyridine rings is 1. The number of nitrogens with zero attached hydrogens (tertiary/aromatic N) is 2. The molecular weight excluding hydrogens is 467 g/mol. The lowest BCUT2D eigenvalue weighted by molar-refractivity contribution is 0.564. The lowest BCUT2D eigenvalue weighted by Crippen LogP contribution is -2.29. The van der Waals surface area contributed by atoms with E-state index in [-0.39, 0.29) is 12.1 Å². The summed E-state index contributed by atoms with van der Waals surface area (Å²) >= 11 is 8.23. The molecule has 1 aromatic carbocycles. The van der Waals surface area contributed by atoms with Crippen molar-refractivity contribution in [2.24, 2.45) is 0 Å². The van der Waals surface area contributed by atoms with Gasteiger partial charge in [-0.05, 0) is 85.4 Å². The Morgan fingerprint density at radius 3 is 2.52 bits per heavy atom. The molecule has 0 unspecified atom stereocenters. The Hall–Kier alpha value is -1.93. The van der Waals surface area contributed by atoms with Crippen LogP contribution in [0.3, 0.4) is 0 Å².